The standard InChI is InChI=1S/C12H11FN2O3/c13-8-3-1-7(2-4-8)5-15-6-9(11(14)17)10(16)12(15)18/h1-4,16H,5-6H2,(H2,14,17). The molecule has 1 aromatic carbocycles. The lowest BCUT2D eigenvalue weighted by atomic mass is 10.2. The Bertz CT molecular complexity index is 537. The summed E-state index contributed by atoms with van der Waals surface area (Å²) < 4.78 is 12.7. The van der Waals surface area contributed by atoms with Gasteiger partial charge in [0, 0.05) is 6.54 Å². The fraction of sp³-hybridized carbons (Fsp3) is 0.167. The number of nitrogens with two attached hydrogens (primary N) is 1. The van der Waals surface area contributed by atoms with Gasteiger partial charge < -0.3 is 15.7 Å². The van der Waals surface area contributed by atoms with E-state index in [0.717, 1.165) is 0 Å². The van der Waals surface area contributed by atoms with Crippen molar-refractivity contribution >= 4 is 11.8 Å². The first-order valence-corrected chi connectivity index (χ1v) is 5.24. The van der Waals surface area contributed by atoms with Crippen LogP contribution in [0.4, 0.5) is 4.39 Å². The van der Waals surface area contributed by atoms with Gasteiger partial charge in [-0.25, -0.2) is 4.39 Å². The van der Waals surface area contributed by atoms with E-state index < -0.39 is 17.6 Å². The first-order chi connectivity index (χ1) is 8.49. The molecule has 5 nitrogen and oxygen atoms in total. The third kappa shape index (κ3) is 2.17. The highest BCUT2D eigenvalue weighted by Crippen LogP contribution is 2.19. The number of aliphatic hydroxyl groups excluding tert-OH is 1. The van der Waals surface area contributed by atoms with E-state index in [9.17, 15) is 19.1 Å². The predicted octanol–water partition coefficient (Wildman–Crippen LogP) is 0.465. The normalized spacial score (nSPS) is 15.4. The number of hydrogen-bond donors (Lipinski definition) is 2. The van der Waals surface area contributed by atoms with Crippen LogP contribution in [0.15, 0.2) is 35.6 Å². The van der Waals surface area contributed by atoms with Crippen molar-refractivity contribution in [1.29, 1.82) is 0 Å². The second-order valence-corrected chi connectivity index (χ2v) is 3.98. The maximum absolute atomic E-state index is 12.7. The maximum atomic E-state index is 12.7. The number of benzene rings is 1. The molecule has 6 heteroatoms. The summed E-state index contributed by atoms with van der Waals surface area (Å²) in [6, 6.07) is 5.61. The van der Waals surface area contributed by atoms with E-state index >= 15 is 0 Å². The Morgan fingerprint density at radius 3 is 2.50 bits per heavy atom. The van der Waals surface area contributed by atoms with Gasteiger partial charge in [-0.05, 0) is 17.7 Å². The van der Waals surface area contributed by atoms with Crippen molar-refractivity contribution in [1.82, 2.24) is 4.90 Å². The molecular formula is C12H11FN2O3. The molecule has 0 saturated carbocycles. The number of rotatable bonds is 3. The molecule has 0 atom stereocenters. The zero-order valence-corrected chi connectivity index (χ0v) is 9.39. The Labute approximate surface area is 102 Å². The summed E-state index contributed by atoms with van der Waals surface area (Å²) in [7, 11) is 0. The first-order valence-electron chi connectivity index (χ1n) is 5.24. The lowest BCUT2D eigenvalue weighted by molar-refractivity contribution is -0.128. The Morgan fingerprint density at radius 1 is 1.39 bits per heavy atom. The van der Waals surface area contributed by atoms with Crippen LogP contribution >= 0.6 is 0 Å². The Hall–Kier alpha value is -2.37. The van der Waals surface area contributed by atoms with E-state index in [1.54, 1.807) is 0 Å². The number of amides is 2. The Kier molecular flexibility index (Phi) is 3.01. The van der Waals surface area contributed by atoms with Crippen LogP contribution in [0.1, 0.15) is 5.56 Å². The zero-order valence-electron chi connectivity index (χ0n) is 9.39. The van der Waals surface area contributed by atoms with Gasteiger partial charge in [0.2, 0.25) is 5.91 Å². The molecule has 18 heavy (non-hydrogen) atoms. The van der Waals surface area contributed by atoms with Crippen LogP contribution in [0, 0.1) is 5.82 Å². The first kappa shape index (κ1) is 12.1. The Balaban J connectivity index is 2.12. The summed E-state index contributed by atoms with van der Waals surface area (Å²) in [5.74, 6) is -2.44. The molecule has 0 radical (unpaired) electrons. The molecule has 1 aliphatic heterocycles. The molecule has 94 valence electrons. The minimum atomic E-state index is -0.817. The highest BCUT2D eigenvalue weighted by atomic mass is 19.1. The summed E-state index contributed by atoms with van der Waals surface area (Å²) in [5.41, 5.74) is 5.64. The smallest absolute Gasteiger partial charge is 0.289 e. The molecule has 2 rings (SSSR count). The molecule has 0 aliphatic carbocycles. The minimum absolute atomic E-state index is 0.0304. The van der Waals surface area contributed by atoms with Crippen molar-refractivity contribution in [3.8, 4) is 0 Å². The largest absolute Gasteiger partial charge is 0.503 e. The van der Waals surface area contributed by atoms with Crippen molar-refractivity contribution in [2.75, 3.05) is 6.54 Å². The van der Waals surface area contributed by atoms with E-state index in [1.807, 2.05) is 0 Å². The molecule has 0 bridgehead atoms. The second-order valence-electron chi connectivity index (χ2n) is 3.98. The van der Waals surface area contributed by atoms with E-state index in [1.165, 1.54) is 29.2 Å². The summed E-state index contributed by atoms with van der Waals surface area (Å²) in [4.78, 5) is 23.9. The summed E-state index contributed by atoms with van der Waals surface area (Å²) >= 11 is 0. The third-order valence-corrected chi connectivity index (χ3v) is 2.71. The maximum Gasteiger partial charge on any atom is 0.289 e. The van der Waals surface area contributed by atoms with Gasteiger partial charge in [0.25, 0.3) is 5.91 Å². The number of carbonyl (C=O) groups excluding carboxylic acids is 2. The van der Waals surface area contributed by atoms with Gasteiger partial charge in [-0.2, -0.15) is 0 Å². The van der Waals surface area contributed by atoms with Crippen LogP contribution in [0.3, 0.4) is 0 Å². The fourth-order valence-electron chi connectivity index (χ4n) is 1.75. The predicted molar refractivity (Wildman–Crippen MR) is 60.7 cm³/mol. The van der Waals surface area contributed by atoms with Gasteiger partial charge in [-0.15, -0.1) is 0 Å². The van der Waals surface area contributed by atoms with Crippen LogP contribution in [0.25, 0.3) is 0 Å². The van der Waals surface area contributed by atoms with Crippen LogP contribution in [-0.4, -0.2) is 28.4 Å². The van der Waals surface area contributed by atoms with Crippen LogP contribution in [0.2, 0.25) is 0 Å². The second kappa shape index (κ2) is 4.48. The zero-order chi connectivity index (χ0) is 13.3. The lowest BCUT2D eigenvalue weighted by Gasteiger charge is -2.15. The number of halogens is 1. The molecule has 1 heterocycles. The van der Waals surface area contributed by atoms with Gasteiger partial charge in [-0.1, -0.05) is 12.1 Å². The van der Waals surface area contributed by atoms with Gasteiger partial charge in [0.05, 0.1) is 12.1 Å². The molecular weight excluding hydrogens is 239 g/mol. The lowest BCUT2D eigenvalue weighted by Crippen LogP contribution is -2.27. The van der Waals surface area contributed by atoms with Crippen molar-refractivity contribution in [2.24, 2.45) is 5.73 Å². The fourth-order valence-corrected chi connectivity index (χ4v) is 1.75. The van der Waals surface area contributed by atoms with Gasteiger partial charge >= 0.3 is 0 Å². The SMILES string of the molecule is NC(=O)C1=C(O)C(=O)N(Cc2ccc(F)cc2)C1. The summed E-state index contributed by atoms with van der Waals surface area (Å²) in [5, 5.41) is 9.45. The molecule has 0 unspecified atom stereocenters. The number of nitrogens with zero attached hydrogens (tertiary/aromatic N) is 1. The highest BCUT2D eigenvalue weighted by molar-refractivity contribution is 6.06. The number of primary amides is 1. The highest BCUT2D eigenvalue weighted by Gasteiger charge is 2.32. The minimum Gasteiger partial charge on any atom is -0.503 e. The molecule has 1 aliphatic rings. The van der Waals surface area contributed by atoms with E-state index in [2.05, 4.69) is 0 Å². The quantitative estimate of drug-likeness (QED) is 0.817. The van der Waals surface area contributed by atoms with Gasteiger partial charge in [-0.3, -0.25) is 9.59 Å². The molecule has 2 amide bonds. The number of hydrogen-bond acceptors (Lipinski definition) is 3. The summed E-state index contributed by atoms with van der Waals surface area (Å²) in [6.45, 7) is 0.150. The van der Waals surface area contributed by atoms with Gasteiger partial charge in [0.1, 0.15) is 5.82 Å². The molecule has 0 aromatic heterocycles. The third-order valence-electron chi connectivity index (χ3n) is 2.71. The average Bonchev–Trinajstić information content (AvgIpc) is 2.60. The van der Waals surface area contributed by atoms with Gasteiger partial charge in [0.15, 0.2) is 5.76 Å². The number of aliphatic hydroxyl groups is 1. The van der Waals surface area contributed by atoms with Crippen molar-refractivity contribution < 1.29 is 19.1 Å². The summed E-state index contributed by atoms with van der Waals surface area (Å²) in [6.07, 6.45) is 0. The molecule has 0 saturated heterocycles. The van der Waals surface area contributed by atoms with Crippen LogP contribution in [-0.2, 0) is 16.1 Å². The topological polar surface area (TPSA) is 83.6 Å². The average molecular weight is 250 g/mol. The Morgan fingerprint density at radius 2 is 2.00 bits per heavy atom. The molecule has 0 fully saturated rings. The van der Waals surface area contributed by atoms with E-state index in [-0.39, 0.29) is 24.5 Å². The van der Waals surface area contributed by atoms with Crippen LogP contribution in [0.5, 0.6) is 0 Å². The van der Waals surface area contributed by atoms with Crippen molar-refractivity contribution in [3.63, 3.8) is 0 Å². The molecule has 0 spiro atoms. The molecule has 3 N–H and O–H groups in total. The van der Waals surface area contributed by atoms with E-state index in [4.69, 9.17) is 5.73 Å². The van der Waals surface area contributed by atoms with Crippen molar-refractivity contribution in [2.45, 2.75) is 6.54 Å². The molecule has 1 aromatic rings. The van der Waals surface area contributed by atoms with E-state index in [0.29, 0.717) is 5.56 Å². The van der Waals surface area contributed by atoms with Crippen LogP contribution < -0.4 is 5.73 Å². The van der Waals surface area contributed by atoms with Crippen molar-refractivity contribution in [3.05, 3.63) is 47.0 Å². The number of carbonyl (C=O) groups is 2. The monoisotopic (exact) mass is 250 g/mol.